The van der Waals surface area contributed by atoms with Crippen LogP contribution in [0.15, 0.2) is 186 Å². The first-order chi connectivity index (χ1) is 27.6. The van der Waals surface area contributed by atoms with Crippen LogP contribution in [0.3, 0.4) is 0 Å². The number of hydrogen-bond acceptors (Lipinski definition) is 1. The minimum atomic E-state index is -0.432. The summed E-state index contributed by atoms with van der Waals surface area (Å²) in [5.74, 6) is 0. The lowest BCUT2D eigenvalue weighted by Gasteiger charge is -2.17. The van der Waals surface area contributed by atoms with E-state index in [-0.39, 0.29) is 45.7 Å². The van der Waals surface area contributed by atoms with E-state index in [4.69, 9.17) is 9.90 Å². The van der Waals surface area contributed by atoms with E-state index in [1.807, 2.05) is 54.6 Å². The predicted molar refractivity (Wildman–Crippen MR) is 208 cm³/mol. The van der Waals surface area contributed by atoms with E-state index < -0.39 is 24.2 Å². The third kappa shape index (κ3) is 4.40. The van der Waals surface area contributed by atoms with E-state index in [0.717, 1.165) is 43.8 Å². The highest BCUT2D eigenvalue weighted by Gasteiger charge is 2.19. The van der Waals surface area contributed by atoms with Crippen LogP contribution in [-0.4, -0.2) is 0 Å². The summed E-state index contributed by atoms with van der Waals surface area (Å²) in [6.07, 6.45) is 0. The number of hydrogen-bond donors (Lipinski definition) is 0. The normalized spacial score (nSPS) is 14.0. The van der Waals surface area contributed by atoms with Crippen LogP contribution < -0.4 is 0 Å². The summed E-state index contributed by atoms with van der Waals surface area (Å²) in [7, 11) is 0. The first kappa shape index (κ1) is 20.7. The van der Waals surface area contributed by atoms with E-state index in [2.05, 4.69) is 48.5 Å². The second kappa shape index (κ2) is 11.1. The van der Waals surface area contributed by atoms with Gasteiger partial charge >= 0.3 is 0 Å². The zero-order valence-electron chi connectivity index (χ0n) is 34.1. The van der Waals surface area contributed by atoms with Crippen LogP contribution in [0.4, 0.5) is 0 Å². The van der Waals surface area contributed by atoms with Gasteiger partial charge in [0.2, 0.25) is 0 Å². The van der Waals surface area contributed by atoms with Crippen molar-refractivity contribution in [3.63, 3.8) is 0 Å². The standard InChI is InChI=1S/C48H30O/c1-3-14-32(15-4-1)46-36-18-8-7-13-31(36)23-26-37(46)34-24-27-38-43-29-35(25-28-44(43)49-45(38)30-34)48-41-21-11-9-19-39(41)47(33-16-5-2-6-17-33)40-20-10-12-22-42(40)48/h1-30H/i9D,10D,11D,12D,19D,20D,21D,22D. The monoisotopic (exact) mass is 630 g/mol. The molecular formula is C48H30O. The molecule has 0 radical (unpaired) electrons. The van der Waals surface area contributed by atoms with E-state index in [0.29, 0.717) is 33.4 Å². The average Bonchev–Trinajstić information content (AvgIpc) is 3.62. The molecule has 228 valence electrons. The van der Waals surface area contributed by atoms with Crippen LogP contribution >= 0.6 is 0 Å². The maximum Gasteiger partial charge on any atom is 0.136 e. The highest BCUT2D eigenvalue weighted by Crippen LogP contribution is 2.45. The van der Waals surface area contributed by atoms with Gasteiger partial charge in [-0.15, -0.1) is 0 Å². The molecule has 0 aliphatic carbocycles. The number of benzene rings is 9. The van der Waals surface area contributed by atoms with Crippen LogP contribution in [0.25, 0.3) is 98.8 Å². The van der Waals surface area contributed by atoms with Gasteiger partial charge in [0, 0.05) is 10.8 Å². The molecule has 0 atom stereocenters. The molecule has 0 aliphatic heterocycles. The van der Waals surface area contributed by atoms with Gasteiger partial charge in [-0.25, -0.2) is 0 Å². The van der Waals surface area contributed by atoms with Gasteiger partial charge in [0.25, 0.3) is 0 Å². The van der Waals surface area contributed by atoms with E-state index in [1.165, 1.54) is 0 Å². The zero-order valence-corrected chi connectivity index (χ0v) is 26.1. The molecule has 1 nitrogen and oxygen atoms in total. The minimum Gasteiger partial charge on any atom is -0.456 e. The lowest BCUT2D eigenvalue weighted by Crippen LogP contribution is -1.90. The highest BCUT2D eigenvalue weighted by atomic mass is 16.3. The third-order valence-electron chi connectivity index (χ3n) is 9.50. The van der Waals surface area contributed by atoms with Crippen molar-refractivity contribution in [3.05, 3.63) is 182 Å². The Bertz CT molecular complexity index is 3240. The molecule has 0 bridgehead atoms. The molecule has 0 saturated carbocycles. The van der Waals surface area contributed by atoms with Gasteiger partial charge in [-0.2, -0.15) is 0 Å². The van der Waals surface area contributed by atoms with Crippen molar-refractivity contribution in [3.8, 4) is 44.5 Å². The Morgan fingerprint density at radius 2 is 0.918 bits per heavy atom. The lowest BCUT2D eigenvalue weighted by atomic mass is 9.86. The molecule has 0 saturated heterocycles. The fraction of sp³-hybridized carbons (Fsp3) is 0. The van der Waals surface area contributed by atoms with Crippen molar-refractivity contribution in [2.45, 2.75) is 0 Å². The molecule has 1 heterocycles. The summed E-state index contributed by atoms with van der Waals surface area (Å²) in [5, 5.41) is 4.60. The van der Waals surface area contributed by atoms with Gasteiger partial charge < -0.3 is 4.42 Å². The molecule has 0 fully saturated rings. The van der Waals surface area contributed by atoms with Crippen molar-refractivity contribution >= 4 is 54.3 Å². The Kier molecular flexibility index (Phi) is 4.69. The summed E-state index contributed by atoms with van der Waals surface area (Å²) in [6, 6.07) is 40.7. The van der Waals surface area contributed by atoms with Crippen molar-refractivity contribution in [1.82, 2.24) is 0 Å². The van der Waals surface area contributed by atoms with Gasteiger partial charge in [-0.05, 0) is 101 Å². The maximum atomic E-state index is 9.27. The quantitative estimate of drug-likeness (QED) is 0.176. The van der Waals surface area contributed by atoms with Crippen molar-refractivity contribution in [2.75, 3.05) is 0 Å². The number of fused-ring (bicyclic) bond motifs is 6. The van der Waals surface area contributed by atoms with E-state index in [1.54, 1.807) is 30.3 Å². The second-order valence-corrected chi connectivity index (χ2v) is 12.2. The topological polar surface area (TPSA) is 13.1 Å². The molecular weight excluding hydrogens is 593 g/mol. The summed E-state index contributed by atoms with van der Waals surface area (Å²) >= 11 is 0. The zero-order chi connectivity index (χ0) is 39.3. The second-order valence-electron chi connectivity index (χ2n) is 12.2. The Morgan fingerprint density at radius 3 is 1.59 bits per heavy atom. The Labute approximate surface area is 295 Å². The van der Waals surface area contributed by atoms with Gasteiger partial charge in [-0.1, -0.05) is 158 Å². The van der Waals surface area contributed by atoms with E-state index in [9.17, 15) is 5.48 Å². The molecule has 0 spiro atoms. The minimum absolute atomic E-state index is 0.177. The molecule has 10 aromatic rings. The lowest BCUT2D eigenvalue weighted by molar-refractivity contribution is 0.669. The molecule has 1 aromatic heterocycles. The van der Waals surface area contributed by atoms with Gasteiger partial charge in [0.1, 0.15) is 11.2 Å². The molecule has 1 heteroatoms. The third-order valence-corrected chi connectivity index (χ3v) is 9.50. The first-order valence-corrected chi connectivity index (χ1v) is 16.2. The molecule has 0 amide bonds. The van der Waals surface area contributed by atoms with Crippen LogP contribution in [0.2, 0.25) is 0 Å². The van der Waals surface area contributed by atoms with Crippen molar-refractivity contribution in [1.29, 1.82) is 0 Å². The fourth-order valence-electron chi connectivity index (χ4n) is 7.34. The molecule has 10 rings (SSSR count). The summed E-state index contributed by atoms with van der Waals surface area (Å²) in [4.78, 5) is 0. The Balaban J connectivity index is 1.27. The molecule has 49 heavy (non-hydrogen) atoms. The molecule has 9 aromatic carbocycles. The Morgan fingerprint density at radius 1 is 0.347 bits per heavy atom. The fourth-order valence-corrected chi connectivity index (χ4v) is 7.34. The van der Waals surface area contributed by atoms with Crippen molar-refractivity contribution < 1.29 is 15.4 Å². The van der Waals surface area contributed by atoms with Gasteiger partial charge in [-0.3, -0.25) is 0 Å². The molecule has 0 aliphatic rings. The van der Waals surface area contributed by atoms with Crippen LogP contribution in [0, 0.1) is 0 Å². The maximum absolute atomic E-state index is 9.27. The number of rotatable bonds is 4. The highest BCUT2D eigenvalue weighted by molar-refractivity contribution is 6.22. The molecule has 0 unspecified atom stereocenters. The van der Waals surface area contributed by atoms with Crippen LogP contribution in [0.1, 0.15) is 11.0 Å². The first-order valence-electron chi connectivity index (χ1n) is 20.2. The van der Waals surface area contributed by atoms with Gasteiger partial charge in [0.05, 0.1) is 11.0 Å². The van der Waals surface area contributed by atoms with Crippen molar-refractivity contribution in [2.24, 2.45) is 0 Å². The SMILES string of the molecule is [2H]c1c([2H])c([2H])c2c(-c3ccc4oc5cc(-c6ccc7ccccc7c6-c6ccccc6)ccc5c4c3)c3c([2H])c([2H])c([2H])c([2H])c3c(-c3ccccc3)c2c1[2H]. The Hall–Kier alpha value is -6.44. The van der Waals surface area contributed by atoms with E-state index >= 15 is 0 Å². The predicted octanol–water partition coefficient (Wildman–Crippen LogP) is 13.7. The summed E-state index contributed by atoms with van der Waals surface area (Å²) in [5.41, 5.74) is 7.25. The number of furan rings is 1. The summed E-state index contributed by atoms with van der Waals surface area (Å²) in [6.45, 7) is 0. The van der Waals surface area contributed by atoms with Crippen LogP contribution in [-0.2, 0) is 0 Å². The smallest absolute Gasteiger partial charge is 0.136 e. The molecule has 0 N–H and O–H groups in total. The largest absolute Gasteiger partial charge is 0.456 e. The average molecular weight is 631 g/mol. The summed E-state index contributed by atoms with van der Waals surface area (Å²) < 4.78 is 78.3. The van der Waals surface area contributed by atoms with Crippen LogP contribution in [0.5, 0.6) is 0 Å². The van der Waals surface area contributed by atoms with Gasteiger partial charge in [0.15, 0.2) is 0 Å².